The molecule has 4 aromatic rings. The van der Waals surface area contributed by atoms with Gasteiger partial charge in [0.25, 0.3) is 5.91 Å². The molecule has 0 fully saturated rings. The van der Waals surface area contributed by atoms with Crippen LogP contribution in [-0.4, -0.2) is 48.4 Å². The molecule has 2 amide bonds. The Kier molecular flexibility index (Phi) is 5.41. The molecule has 7 heteroatoms. The number of pyridine rings is 1. The predicted octanol–water partition coefficient (Wildman–Crippen LogP) is 4.18. The van der Waals surface area contributed by atoms with Gasteiger partial charge in [-0.3, -0.25) is 9.59 Å². The number of benzene rings is 2. The fourth-order valence-electron chi connectivity index (χ4n) is 3.58. The molecule has 2 aromatic carbocycles. The zero-order valence-corrected chi connectivity index (χ0v) is 17.5. The first kappa shape index (κ1) is 20.2. The van der Waals surface area contributed by atoms with Gasteiger partial charge in [-0.15, -0.1) is 0 Å². The van der Waals surface area contributed by atoms with Crippen molar-refractivity contribution in [1.29, 1.82) is 0 Å². The van der Waals surface area contributed by atoms with Gasteiger partial charge in [0, 0.05) is 48.6 Å². The zero-order valence-electron chi connectivity index (χ0n) is 17.5. The number of hydrogen-bond donors (Lipinski definition) is 2. The van der Waals surface area contributed by atoms with Crippen LogP contribution in [-0.2, 0) is 4.79 Å². The van der Waals surface area contributed by atoms with Crippen LogP contribution in [0.3, 0.4) is 0 Å². The van der Waals surface area contributed by atoms with Crippen molar-refractivity contribution >= 4 is 29.0 Å². The van der Waals surface area contributed by atoms with E-state index in [4.69, 9.17) is 4.74 Å². The van der Waals surface area contributed by atoms with Crippen LogP contribution < -0.4 is 10.1 Å². The first-order valence-corrected chi connectivity index (χ1v) is 9.70. The quantitative estimate of drug-likeness (QED) is 0.464. The molecule has 2 N–H and O–H groups in total. The summed E-state index contributed by atoms with van der Waals surface area (Å²) in [5, 5.41) is 3.54. The number of ether oxygens (including phenoxy) is 1. The summed E-state index contributed by atoms with van der Waals surface area (Å²) in [7, 11) is 4.99. The van der Waals surface area contributed by atoms with Crippen LogP contribution in [0.15, 0.2) is 60.9 Å². The first-order chi connectivity index (χ1) is 15.0. The molecule has 31 heavy (non-hydrogen) atoms. The highest BCUT2D eigenvalue weighted by atomic mass is 16.5. The predicted molar refractivity (Wildman–Crippen MR) is 121 cm³/mol. The largest absolute Gasteiger partial charge is 0.496 e. The molecule has 0 aliphatic rings. The Labute approximate surface area is 179 Å². The molecular formula is C24H22N4O3. The number of aromatic amines is 1. The Morgan fingerprint density at radius 3 is 2.65 bits per heavy atom. The monoisotopic (exact) mass is 414 g/mol. The molecule has 0 radical (unpaired) electrons. The van der Waals surface area contributed by atoms with E-state index in [1.54, 1.807) is 39.5 Å². The van der Waals surface area contributed by atoms with E-state index in [1.165, 1.54) is 4.90 Å². The molecule has 2 heterocycles. The maximum Gasteiger partial charge on any atom is 0.255 e. The van der Waals surface area contributed by atoms with Crippen LogP contribution in [0.4, 0.5) is 5.69 Å². The molecule has 4 rings (SSSR count). The van der Waals surface area contributed by atoms with Crippen LogP contribution in [0.25, 0.3) is 33.3 Å². The van der Waals surface area contributed by atoms with Gasteiger partial charge < -0.3 is 19.9 Å². The second-order valence-corrected chi connectivity index (χ2v) is 7.24. The Bertz CT molecular complexity index is 1280. The van der Waals surface area contributed by atoms with Crippen molar-refractivity contribution in [2.24, 2.45) is 0 Å². The Balaban J connectivity index is 1.85. The van der Waals surface area contributed by atoms with Crippen molar-refractivity contribution in [2.45, 2.75) is 0 Å². The lowest BCUT2D eigenvalue weighted by molar-refractivity contribution is -0.105. The SMILES string of the molecule is COc1ccccc1-c1c[nH]c2ncc(-c3ccc(NC=O)c(C(=O)N(C)C)c3)cc12. The van der Waals surface area contributed by atoms with Crippen LogP contribution in [0.1, 0.15) is 10.4 Å². The van der Waals surface area contributed by atoms with E-state index >= 15 is 0 Å². The number of carbonyl (C=O) groups is 2. The summed E-state index contributed by atoms with van der Waals surface area (Å²) in [5.74, 6) is 0.577. The molecule has 156 valence electrons. The number of hydrogen-bond acceptors (Lipinski definition) is 4. The van der Waals surface area contributed by atoms with Crippen molar-refractivity contribution < 1.29 is 14.3 Å². The summed E-state index contributed by atoms with van der Waals surface area (Å²) < 4.78 is 5.52. The number of amides is 2. The highest BCUT2D eigenvalue weighted by molar-refractivity contribution is 6.03. The first-order valence-electron chi connectivity index (χ1n) is 9.70. The Hall–Kier alpha value is -4.13. The average Bonchev–Trinajstić information content (AvgIpc) is 3.22. The number of aromatic nitrogens is 2. The van der Waals surface area contributed by atoms with Crippen LogP contribution in [0.2, 0.25) is 0 Å². The summed E-state index contributed by atoms with van der Waals surface area (Å²) in [6, 6.07) is 15.2. The summed E-state index contributed by atoms with van der Waals surface area (Å²) in [6.45, 7) is 0. The highest BCUT2D eigenvalue weighted by Gasteiger charge is 2.16. The minimum Gasteiger partial charge on any atom is -0.496 e. The molecule has 0 aliphatic carbocycles. The fraction of sp³-hybridized carbons (Fsp3) is 0.125. The highest BCUT2D eigenvalue weighted by Crippen LogP contribution is 2.36. The van der Waals surface area contributed by atoms with Crippen LogP contribution in [0.5, 0.6) is 5.75 Å². The van der Waals surface area contributed by atoms with Gasteiger partial charge in [0.2, 0.25) is 6.41 Å². The van der Waals surface area contributed by atoms with E-state index < -0.39 is 0 Å². The van der Waals surface area contributed by atoms with Crippen LogP contribution in [0, 0.1) is 0 Å². The van der Waals surface area contributed by atoms with Crippen molar-refractivity contribution in [3.63, 3.8) is 0 Å². The number of fused-ring (bicyclic) bond motifs is 1. The molecule has 7 nitrogen and oxygen atoms in total. The second-order valence-electron chi connectivity index (χ2n) is 7.24. The number of H-pyrrole nitrogens is 1. The van der Waals surface area contributed by atoms with Crippen molar-refractivity contribution in [2.75, 3.05) is 26.5 Å². The van der Waals surface area contributed by atoms with Gasteiger partial charge in [0.1, 0.15) is 11.4 Å². The number of carbonyl (C=O) groups excluding carboxylic acids is 2. The number of nitrogens with one attached hydrogen (secondary N) is 2. The van der Waals surface area contributed by atoms with E-state index in [-0.39, 0.29) is 5.91 Å². The number of para-hydroxylation sites is 1. The molecule has 0 aliphatic heterocycles. The molecule has 0 saturated heterocycles. The third-order valence-electron chi connectivity index (χ3n) is 5.13. The lowest BCUT2D eigenvalue weighted by Gasteiger charge is -2.15. The van der Waals surface area contributed by atoms with Crippen molar-refractivity contribution in [3.05, 3.63) is 66.5 Å². The van der Waals surface area contributed by atoms with E-state index in [0.717, 1.165) is 39.0 Å². The van der Waals surface area contributed by atoms with Crippen molar-refractivity contribution in [3.8, 4) is 28.0 Å². The van der Waals surface area contributed by atoms with E-state index in [2.05, 4.69) is 15.3 Å². The number of anilines is 1. The van der Waals surface area contributed by atoms with Gasteiger partial charge in [-0.05, 0) is 29.8 Å². The van der Waals surface area contributed by atoms with Crippen molar-refractivity contribution in [1.82, 2.24) is 14.9 Å². The van der Waals surface area contributed by atoms with Gasteiger partial charge in [-0.1, -0.05) is 24.3 Å². The molecule has 0 saturated carbocycles. The van der Waals surface area contributed by atoms with Gasteiger partial charge in [0.15, 0.2) is 0 Å². The maximum atomic E-state index is 12.6. The van der Waals surface area contributed by atoms with Gasteiger partial charge in [-0.25, -0.2) is 4.98 Å². The average molecular weight is 414 g/mol. The summed E-state index contributed by atoms with van der Waals surface area (Å²) in [5.41, 5.74) is 5.25. The maximum absolute atomic E-state index is 12.6. The fourth-order valence-corrected chi connectivity index (χ4v) is 3.58. The smallest absolute Gasteiger partial charge is 0.255 e. The summed E-state index contributed by atoms with van der Waals surface area (Å²) in [4.78, 5) is 32.8. The summed E-state index contributed by atoms with van der Waals surface area (Å²) >= 11 is 0. The molecule has 0 spiro atoms. The van der Waals surface area contributed by atoms with Crippen LogP contribution >= 0.6 is 0 Å². The second kappa shape index (κ2) is 8.31. The third-order valence-corrected chi connectivity index (χ3v) is 5.13. The van der Waals surface area contributed by atoms with Gasteiger partial charge >= 0.3 is 0 Å². The lowest BCUT2D eigenvalue weighted by Crippen LogP contribution is -2.23. The van der Waals surface area contributed by atoms with E-state index in [0.29, 0.717) is 17.7 Å². The van der Waals surface area contributed by atoms with E-state index in [1.807, 2.05) is 42.6 Å². The molecular weight excluding hydrogens is 392 g/mol. The van der Waals surface area contributed by atoms with Gasteiger partial charge in [0.05, 0.1) is 18.4 Å². The Morgan fingerprint density at radius 1 is 1.10 bits per heavy atom. The topological polar surface area (TPSA) is 87.3 Å². The van der Waals surface area contributed by atoms with E-state index in [9.17, 15) is 9.59 Å². The third kappa shape index (κ3) is 3.73. The standard InChI is InChI=1S/C24H22N4O3/c1-28(2)24(30)19-10-15(8-9-21(19)27-14-29)16-11-18-20(13-26-23(18)25-12-16)17-6-4-5-7-22(17)31-3/h4-14H,1-3H3,(H,25,26)(H,27,29). The number of nitrogens with zero attached hydrogens (tertiary/aromatic N) is 2. The molecule has 2 aromatic heterocycles. The number of methoxy groups -OCH3 is 1. The van der Waals surface area contributed by atoms with Gasteiger partial charge in [-0.2, -0.15) is 0 Å². The molecule has 0 bridgehead atoms. The number of rotatable bonds is 6. The minimum atomic E-state index is -0.198. The normalized spacial score (nSPS) is 10.7. The lowest BCUT2D eigenvalue weighted by atomic mass is 9.99. The molecule has 0 atom stereocenters. The summed E-state index contributed by atoms with van der Waals surface area (Å²) in [6.07, 6.45) is 4.24. The minimum absolute atomic E-state index is 0.198. The zero-order chi connectivity index (χ0) is 22.0. The molecule has 0 unspecified atom stereocenters. The Morgan fingerprint density at radius 2 is 1.90 bits per heavy atom.